The summed E-state index contributed by atoms with van der Waals surface area (Å²) in [6.07, 6.45) is 0.582. The summed E-state index contributed by atoms with van der Waals surface area (Å²) in [5.74, 6) is -1.04. The number of carbonyl (C=O) groups is 2. The van der Waals surface area contributed by atoms with Gasteiger partial charge in [0.05, 0.1) is 24.3 Å². The van der Waals surface area contributed by atoms with E-state index < -0.39 is 17.7 Å². The van der Waals surface area contributed by atoms with Crippen LogP contribution < -0.4 is 4.74 Å². The second-order valence-corrected chi connectivity index (χ2v) is 7.86. The molecule has 6 nitrogen and oxygen atoms in total. The Hall–Kier alpha value is -3.12. The van der Waals surface area contributed by atoms with Crippen LogP contribution >= 0.6 is 0 Å². The van der Waals surface area contributed by atoms with Crippen LogP contribution in [0.25, 0.3) is 5.76 Å². The Morgan fingerprint density at radius 1 is 1.06 bits per heavy atom. The summed E-state index contributed by atoms with van der Waals surface area (Å²) >= 11 is 0. The van der Waals surface area contributed by atoms with Crippen LogP contribution in [-0.2, 0) is 14.3 Å². The van der Waals surface area contributed by atoms with Crippen molar-refractivity contribution in [3.63, 3.8) is 0 Å². The van der Waals surface area contributed by atoms with E-state index in [1.807, 2.05) is 51.1 Å². The predicted octanol–water partition coefficient (Wildman–Crippen LogP) is 4.08. The highest BCUT2D eigenvalue weighted by Gasteiger charge is 2.46. The molecule has 164 valence electrons. The van der Waals surface area contributed by atoms with Gasteiger partial charge in [-0.2, -0.15) is 0 Å². The van der Waals surface area contributed by atoms with Gasteiger partial charge in [-0.25, -0.2) is 0 Å². The quantitative estimate of drug-likeness (QED) is 0.314. The standard InChI is InChI=1S/C25H29NO5/c1-15-13-17(3)24(31-5)19(14-15)22(27)20-21(18-10-7-6-9-16(18)2)26(11-8-12-30-4)25(29)23(20)28/h6-7,9-10,13-14,21,27H,8,11-12H2,1-5H3/b22-20+. The van der Waals surface area contributed by atoms with Crippen molar-refractivity contribution < 1.29 is 24.2 Å². The molecule has 1 heterocycles. The number of aliphatic hydroxyl groups excluding tert-OH is 1. The number of hydrogen-bond donors (Lipinski definition) is 1. The molecule has 2 aromatic carbocycles. The fourth-order valence-corrected chi connectivity index (χ4v) is 4.25. The number of carbonyl (C=O) groups excluding carboxylic acids is 2. The maximum absolute atomic E-state index is 13.1. The molecular weight excluding hydrogens is 394 g/mol. The number of nitrogens with zero attached hydrogens (tertiary/aromatic N) is 1. The van der Waals surface area contributed by atoms with Crippen molar-refractivity contribution in [1.82, 2.24) is 4.90 Å². The Bertz CT molecular complexity index is 1040. The Kier molecular flexibility index (Phi) is 6.81. The van der Waals surface area contributed by atoms with Crippen molar-refractivity contribution >= 4 is 17.4 Å². The molecule has 31 heavy (non-hydrogen) atoms. The molecular formula is C25H29NO5. The van der Waals surface area contributed by atoms with Gasteiger partial charge in [-0.05, 0) is 55.5 Å². The maximum Gasteiger partial charge on any atom is 0.295 e. The number of ether oxygens (including phenoxy) is 2. The first-order valence-electron chi connectivity index (χ1n) is 10.3. The van der Waals surface area contributed by atoms with Crippen LogP contribution in [0.15, 0.2) is 42.0 Å². The summed E-state index contributed by atoms with van der Waals surface area (Å²) in [6.45, 7) is 6.53. The molecule has 3 rings (SSSR count). The van der Waals surface area contributed by atoms with Gasteiger partial charge in [0.25, 0.3) is 11.7 Å². The third-order valence-electron chi connectivity index (χ3n) is 5.65. The Labute approximate surface area is 183 Å². The molecule has 1 unspecified atom stereocenters. The lowest BCUT2D eigenvalue weighted by atomic mass is 9.91. The number of amides is 1. The van der Waals surface area contributed by atoms with Crippen molar-refractivity contribution in [3.8, 4) is 5.75 Å². The highest BCUT2D eigenvalue weighted by Crippen LogP contribution is 2.42. The zero-order valence-corrected chi connectivity index (χ0v) is 18.7. The average Bonchev–Trinajstić information content (AvgIpc) is 2.98. The molecule has 6 heteroatoms. The SMILES string of the molecule is COCCCN1C(=O)C(=O)/C(=C(/O)c2cc(C)cc(C)c2OC)C1c1ccccc1C. The second kappa shape index (κ2) is 9.35. The average molecular weight is 424 g/mol. The number of likely N-dealkylation sites (tertiary alicyclic amines) is 1. The molecule has 1 atom stereocenters. The summed E-state index contributed by atoms with van der Waals surface area (Å²) in [6, 6.07) is 10.6. The number of aryl methyl sites for hydroxylation is 3. The Balaban J connectivity index is 2.24. The predicted molar refractivity (Wildman–Crippen MR) is 119 cm³/mol. The molecule has 1 amide bonds. The van der Waals surface area contributed by atoms with E-state index >= 15 is 0 Å². The molecule has 0 aromatic heterocycles. The van der Waals surface area contributed by atoms with Crippen molar-refractivity contribution in [2.45, 2.75) is 33.2 Å². The fourth-order valence-electron chi connectivity index (χ4n) is 4.25. The summed E-state index contributed by atoms with van der Waals surface area (Å²) < 4.78 is 10.7. The van der Waals surface area contributed by atoms with Crippen LogP contribution in [0.4, 0.5) is 0 Å². The van der Waals surface area contributed by atoms with Gasteiger partial charge in [0.1, 0.15) is 11.5 Å². The summed E-state index contributed by atoms with van der Waals surface area (Å²) in [5.41, 5.74) is 3.99. The molecule has 1 aliphatic rings. The molecule has 0 spiro atoms. The highest BCUT2D eigenvalue weighted by atomic mass is 16.5. The van der Waals surface area contributed by atoms with E-state index in [0.717, 1.165) is 22.3 Å². The minimum Gasteiger partial charge on any atom is -0.507 e. The van der Waals surface area contributed by atoms with Crippen molar-refractivity contribution in [3.05, 3.63) is 69.8 Å². The summed E-state index contributed by atoms with van der Waals surface area (Å²) in [4.78, 5) is 27.7. The summed E-state index contributed by atoms with van der Waals surface area (Å²) in [5, 5.41) is 11.4. The zero-order valence-electron chi connectivity index (χ0n) is 18.7. The van der Waals surface area contributed by atoms with E-state index in [2.05, 4.69) is 0 Å². The van der Waals surface area contributed by atoms with E-state index in [1.54, 1.807) is 13.2 Å². The number of hydrogen-bond acceptors (Lipinski definition) is 5. The van der Waals surface area contributed by atoms with Crippen LogP contribution in [0.5, 0.6) is 5.75 Å². The summed E-state index contributed by atoms with van der Waals surface area (Å²) in [7, 11) is 3.12. The number of methoxy groups -OCH3 is 2. The van der Waals surface area contributed by atoms with Crippen molar-refractivity contribution in [2.75, 3.05) is 27.4 Å². The van der Waals surface area contributed by atoms with Gasteiger partial charge in [-0.15, -0.1) is 0 Å². The van der Waals surface area contributed by atoms with Crippen LogP contribution in [-0.4, -0.2) is 49.1 Å². The van der Waals surface area contributed by atoms with Gasteiger partial charge in [-0.1, -0.05) is 30.3 Å². The first-order valence-corrected chi connectivity index (χ1v) is 10.3. The van der Waals surface area contributed by atoms with E-state index in [4.69, 9.17) is 9.47 Å². The van der Waals surface area contributed by atoms with Crippen LogP contribution in [0.1, 0.15) is 40.3 Å². The molecule has 0 saturated carbocycles. The van der Waals surface area contributed by atoms with Gasteiger partial charge in [0.2, 0.25) is 0 Å². The molecule has 1 fully saturated rings. The molecule has 0 radical (unpaired) electrons. The molecule has 0 aliphatic carbocycles. The zero-order chi connectivity index (χ0) is 22.7. The third-order valence-corrected chi connectivity index (χ3v) is 5.65. The lowest BCUT2D eigenvalue weighted by Crippen LogP contribution is -2.31. The second-order valence-electron chi connectivity index (χ2n) is 7.86. The third kappa shape index (κ3) is 4.21. The van der Waals surface area contributed by atoms with E-state index in [9.17, 15) is 14.7 Å². The molecule has 1 aliphatic heterocycles. The van der Waals surface area contributed by atoms with E-state index in [-0.39, 0.29) is 11.3 Å². The monoisotopic (exact) mass is 423 g/mol. The maximum atomic E-state index is 13.1. The molecule has 0 bridgehead atoms. The van der Waals surface area contributed by atoms with Gasteiger partial charge >= 0.3 is 0 Å². The van der Waals surface area contributed by atoms with Crippen LogP contribution in [0.3, 0.4) is 0 Å². The largest absolute Gasteiger partial charge is 0.507 e. The highest BCUT2D eigenvalue weighted by molar-refractivity contribution is 6.46. The van der Waals surface area contributed by atoms with Gasteiger partial charge in [0, 0.05) is 20.3 Å². The fraction of sp³-hybridized carbons (Fsp3) is 0.360. The minimum absolute atomic E-state index is 0.0833. The topological polar surface area (TPSA) is 76.1 Å². The number of Topliss-reactive ketones (excluding diaryl/α,β-unsaturated/α-hetero) is 1. The van der Waals surface area contributed by atoms with Gasteiger partial charge < -0.3 is 19.5 Å². The smallest absolute Gasteiger partial charge is 0.295 e. The van der Waals surface area contributed by atoms with Gasteiger partial charge in [0.15, 0.2) is 0 Å². The first kappa shape index (κ1) is 22.6. The van der Waals surface area contributed by atoms with Crippen LogP contribution in [0.2, 0.25) is 0 Å². The lowest BCUT2D eigenvalue weighted by Gasteiger charge is -2.26. The number of ketones is 1. The first-order chi connectivity index (χ1) is 14.8. The van der Waals surface area contributed by atoms with Crippen LogP contribution in [0, 0.1) is 20.8 Å². The Morgan fingerprint density at radius 3 is 2.42 bits per heavy atom. The van der Waals surface area contributed by atoms with E-state index in [1.165, 1.54) is 12.0 Å². The number of rotatable bonds is 7. The van der Waals surface area contributed by atoms with Crippen molar-refractivity contribution in [2.24, 2.45) is 0 Å². The Morgan fingerprint density at radius 2 is 1.77 bits per heavy atom. The normalized spacial score (nSPS) is 18.0. The van der Waals surface area contributed by atoms with Gasteiger partial charge in [-0.3, -0.25) is 9.59 Å². The van der Waals surface area contributed by atoms with E-state index in [0.29, 0.717) is 30.9 Å². The number of aliphatic hydroxyl groups is 1. The van der Waals surface area contributed by atoms with Crippen molar-refractivity contribution in [1.29, 1.82) is 0 Å². The molecule has 1 saturated heterocycles. The number of benzene rings is 2. The molecule has 2 aromatic rings. The minimum atomic E-state index is -0.690. The molecule has 1 N–H and O–H groups in total. The lowest BCUT2D eigenvalue weighted by molar-refractivity contribution is -0.140.